The van der Waals surface area contributed by atoms with Crippen molar-refractivity contribution in [2.24, 2.45) is 0 Å². The van der Waals surface area contributed by atoms with Crippen LogP contribution in [0.5, 0.6) is 0 Å². The summed E-state index contributed by atoms with van der Waals surface area (Å²) in [5.41, 5.74) is 0. The van der Waals surface area contributed by atoms with Crippen molar-refractivity contribution in [1.29, 1.82) is 0 Å². The Morgan fingerprint density at radius 3 is 1.60 bits per heavy atom. The summed E-state index contributed by atoms with van der Waals surface area (Å²) >= 11 is 0. The average Bonchev–Trinajstić information content (AvgIpc) is 2.43. The highest BCUT2D eigenvalue weighted by atomic mass is 15.2. The molecule has 2 unspecified atom stereocenters. The molecule has 2 heterocycles. The molecule has 2 N–H and O–H groups in total. The largest absolute Gasteiger partial charge is 0.317 e. The molecule has 3 rings (SSSR count). The van der Waals surface area contributed by atoms with Gasteiger partial charge in [-0.05, 0) is 38.8 Å². The van der Waals surface area contributed by atoms with Crippen molar-refractivity contribution >= 4 is 0 Å². The minimum absolute atomic E-state index is 0.981. The van der Waals surface area contributed by atoms with E-state index in [2.05, 4.69) is 10.6 Å². The van der Waals surface area contributed by atoms with Gasteiger partial charge in [0.25, 0.3) is 0 Å². The number of hydrogen-bond donors (Lipinski definition) is 2. The molecule has 1 saturated carbocycles. The molecule has 0 radical (unpaired) electrons. The molecule has 10 heavy (non-hydrogen) atoms. The first-order valence-electron chi connectivity index (χ1n) is 4.43. The molecule has 0 aromatic heterocycles. The van der Waals surface area contributed by atoms with E-state index in [1.54, 1.807) is 0 Å². The van der Waals surface area contributed by atoms with Crippen molar-refractivity contribution < 1.29 is 0 Å². The molecule has 2 saturated heterocycles. The molecular formula is C8H16N2. The molecule has 2 atom stereocenters. The average molecular weight is 140 g/mol. The standard InChI is InChI=1S/C4H7N.C4H9N/c1-2-4-3(1)5-4;1-2-4-5-3-1/h3-5H,1-2H2;5H,1-4H2. The van der Waals surface area contributed by atoms with Crippen LogP contribution in [0.2, 0.25) is 0 Å². The van der Waals surface area contributed by atoms with Crippen LogP contribution in [0.25, 0.3) is 0 Å². The fourth-order valence-corrected chi connectivity index (χ4v) is 1.51. The van der Waals surface area contributed by atoms with Gasteiger partial charge in [-0.2, -0.15) is 0 Å². The van der Waals surface area contributed by atoms with Crippen molar-refractivity contribution in [3.63, 3.8) is 0 Å². The van der Waals surface area contributed by atoms with Crippen LogP contribution in [-0.2, 0) is 0 Å². The van der Waals surface area contributed by atoms with E-state index < -0.39 is 0 Å². The number of rotatable bonds is 0. The maximum absolute atomic E-state index is 3.31. The molecule has 2 nitrogen and oxygen atoms in total. The van der Waals surface area contributed by atoms with Crippen molar-refractivity contribution in [1.82, 2.24) is 10.6 Å². The first-order valence-corrected chi connectivity index (χ1v) is 4.43. The third kappa shape index (κ3) is 1.50. The zero-order valence-corrected chi connectivity index (χ0v) is 6.40. The molecule has 0 aromatic rings. The van der Waals surface area contributed by atoms with Gasteiger partial charge in [-0.3, -0.25) is 0 Å². The Balaban J connectivity index is 0.0000000807. The second kappa shape index (κ2) is 2.89. The lowest BCUT2D eigenvalue weighted by atomic mass is 10.0. The van der Waals surface area contributed by atoms with E-state index in [9.17, 15) is 0 Å². The Morgan fingerprint density at radius 2 is 1.50 bits per heavy atom. The molecule has 0 spiro atoms. The Labute approximate surface area is 62.4 Å². The molecule has 2 heteroatoms. The summed E-state index contributed by atoms with van der Waals surface area (Å²) in [5.74, 6) is 0. The van der Waals surface area contributed by atoms with Crippen LogP contribution in [0.15, 0.2) is 0 Å². The van der Waals surface area contributed by atoms with E-state index in [1.165, 1.54) is 38.8 Å². The van der Waals surface area contributed by atoms with Crippen molar-refractivity contribution in [2.75, 3.05) is 13.1 Å². The van der Waals surface area contributed by atoms with Crippen molar-refractivity contribution in [3.8, 4) is 0 Å². The lowest BCUT2D eigenvalue weighted by Gasteiger charge is -2.01. The smallest absolute Gasteiger partial charge is 0.0225 e. The van der Waals surface area contributed by atoms with E-state index in [1.807, 2.05) is 0 Å². The van der Waals surface area contributed by atoms with Crippen LogP contribution in [-0.4, -0.2) is 25.2 Å². The summed E-state index contributed by atoms with van der Waals surface area (Å²) in [5, 5.41) is 6.53. The second-order valence-corrected chi connectivity index (χ2v) is 3.41. The minimum Gasteiger partial charge on any atom is -0.317 e. The number of nitrogens with one attached hydrogen (secondary N) is 2. The Morgan fingerprint density at radius 1 is 0.900 bits per heavy atom. The minimum atomic E-state index is 0.981. The van der Waals surface area contributed by atoms with Gasteiger partial charge in [0.2, 0.25) is 0 Å². The van der Waals surface area contributed by atoms with E-state index in [4.69, 9.17) is 0 Å². The van der Waals surface area contributed by atoms with Crippen LogP contribution in [0.3, 0.4) is 0 Å². The molecule has 3 fully saturated rings. The van der Waals surface area contributed by atoms with Crippen molar-refractivity contribution in [2.45, 2.75) is 37.8 Å². The van der Waals surface area contributed by atoms with E-state index in [-0.39, 0.29) is 0 Å². The summed E-state index contributed by atoms with van der Waals surface area (Å²) < 4.78 is 0. The third-order valence-corrected chi connectivity index (χ3v) is 2.55. The summed E-state index contributed by atoms with van der Waals surface area (Å²) in [4.78, 5) is 0. The summed E-state index contributed by atoms with van der Waals surface area (Å²) in [6, 6.07) is 1.96. The fourth-order valence-electron chi connectivity index (χ4n) is 1.51. The van der Waals surface area contributed by atoms with E-state index in [0.717, 1.165) is 12.1 Å². The monoisotopic (exact) mass is 140 g/mol. The Bertz CT molecular complexity index is 90.2. The van der Waals surface area contributed by atoms with Gasteiger partial charge >= 0.3 is 0 Å². The van der Waals surface area contributed by atoms with Crippen LogP contribution in [0.1, 0.15) is 25.7 Å². The molecule has 1 aliphatic carbocycles. The van der Waals surface area contributed by atoms with Crippen LogP contribution in [0.4, 0.5) is 0 Å². The zero-order chi connectivity index (χ0) is 6.81. The highest BCUT2D eigenvalue weighted by Gasteiger charge is 2.43. The highest BCUT2D eigenvalue weighted by molar-refractivity contribution is 5.07. The van der Waals surface area contributed by atoms with Gasteiger partial charge in [0.15, 0.2) is 0 Å². The molecule has 0 aromatic carbocycles. The first-order chi connectivity index (χ1) is 4.97. The van der Waals surface area contributed by atoms with Gasteiger partial charge in [-0.1, -0.05) is 0 Å². The Kier molecular flexibility index (Phi) is 1.91. The normalized spacial score (nSPS) is 40.8. The van der Waals surface area contributed by atoms with Gasteiger partial charge in [0.05, 0.1) is 0 Å². The summed E-state index contributed by atoms with van der Waals surface area (Å²) in [6.07, 6.45) is 5.68. The van der Waals surface area contributed by atoms with E-state index in [0.29, 0.717) is 0 Å². The maximum atomic E-state index is 3.31. The van der Waals surface area contributed by atoms with Gasteiger partial charge < -0.3 is 10.6 Å². The summed E-state index contributed by atoms with van der Waals surface area (Å²) in [7, 11) is 0. The zero-order valence-electron chi connectivity index (χ0n) is 6.40. The summed E-state index contributed by atoms with van der Waals surface area (Å²) in [6.45, 7) is 2.50. The van der Waals surface area contributed by atoms with Gasteiger partial charge in [-0.15, -0.1) is 0 Å². The second-order valence-electron chi connectivity index (χ2n) is 3.41. The first kappa shape index (κ1) is 6.62. The molecule has 0 amide bonds. The maximum Gasteiger partial charge on any atom is 0.0225 e. The molecule has 2 aliphatic heterocycles. The number of hydrogen-bond acceptors (Lipinski definition) is 2. The highest BCUT2D eigenvalue weighted by Crippen LogP contribution is 2.31. The SMILES string of the molecule is C1CC2NC12.C1CCNC1. The lowest BCUT2D eigenvalue weighted by Crippen LogP contribution is -2.04. The number of fused-ring (bicyclic) bond motifs is 1. The molecule has 58 valence electrons. The predicted octanol–water partition coefficient (Wildman–Crippen LogP) is 0.490. The van der Waals surface area contributed by atoms with Crippen molar-refractivity contribution in [3.05, 3.63) is 0 Å². The quantitative estimate of drug-likeness (QED) is 0.480. The van der Waals surface area contributed by atoms with Gasteiger partial charge in [-0.25, -0.2) is 0 Å². The van der Waals surface area contributed by atoms with Crippen LogP contribution < -0.4 is 10.6 Å². The molecular weight excluding hydrogens is 124 g/mol. The van der Waals surface area contributed by atoms with Gasteiger partial charge in [0, 0.05) is 12.1 Å². The lowest BCUT2D eigenvalue weighted by molar-refractivity contribution is 0.612. The van der Waals surface area contributed by atoms with E-state index >= 15 is 0 Å². The Hall–Kier alpha value is -0.0800. The van der Waals surface area contributed by atoms with Crippen LogP contribution >= 0.6 is 0 Å². The fraction of sp³-hybridized carbons (Fsp3) is 1.00. The molecule has 3 aliphatic rings. The van der Waals surface area contributed by atoms with Crippen LogP contribution in [0, 0.1) is 0 Å². The predicted molar refractivity (Wildman–Crippen MR) is 42.0 cm³/mol. The topological polar surface area (TPSA) is 34.0 Å². The molecule has 0 bridgehead atoms. The van der Waals surface area contributed by atoms with Gasteiger partial charge in [0.1, 0.15) is 0 Å². The third-order valence-electron chi connectivity index (χ3n) is 2.55.